The molecule has 1 atom stereocenters. The second-order valence-electron chi connectivity index (χ2n) is 2.67. The van der Waals surface area contributed by atoms with Crippen LogP contribution in [0.3, 0.4) is 0 Å². The van der Waals surface area contributed by atoms with Crippen molar-refractivity contribution in [2.75, 3.05) is 0 Å². The topological polar surface area (TPSA) is 49.9 Å². The van der Waals surface area contributed by atoms with E-state index >= 15 is 0 Å². The lowest BCUT2D eigenvalue weighted by Crippen LogP contribution is -2.17. The Morgan fingerprint density at radius 2 is 2.08 bits per heavy atom. The van der Waals surface area contributed by atoms with Crippen molar-refractivity contribution in [3.8, 4) is 0 Å². The Morgan fingerprint density at radius 3 is 2.58 bits per heavy atom. The fourth-order valence-electron chi connectivity index (χ4n) is 1.04. The van der Waals surface area contributed by atoms with Gasteiger partial charge in [0, 0.05) is 0 Å². The molecule has 1 aromatic carbocycles. The van der Waals surface area contributed by atoms with Crippen LogP contribution in [0.4, 0.5) is 4.39 Å². The quantitative estimate of drug-likeness (QED) is 0.512. The Hall–Kier alpha value is -1.38. The number of halogens is 1. The number of benzene rings is 1. The van der Waals surface area contributed by atoms with Crippen LogP contribution in [0.25, 0.3) is 0 Å². The van der Waals surface area contributed by atoms with Gasteiger partial charge in [0.05, 0.1) is 0 Å². The van der Waals surface area contributed by atoms with Crippen LogP contribution in [0.15, 0.2) is 24.3 Å². The number of hydrogen-bond donors (Lipinski definition) is 2. The molecule has 0 saturated heterocycles. The maximum Gasteiger partial charge on any atom is 0.182 e. The van der Waals surface area contributed by atoms with Crippen molar-refractivity contribution in [3.63, 3.8) is 0 Å². The van der Waals surface area contributed by atoms with E-state index in [4.69, 9.17) is 11.1 Å². The van der Waals surface area contributed by atoms with Gasteiger partial charge < -0.3 is 5.73 Å². The second-order valence-corrected chi connectivity index (χ2v) is 2.67. The summed E-state index contributed by atoms with van der Waals surface area (Å²) in [6.07, 6.45) is -1.47. The molecule has 0 spiro atoms. The SMILES string of the molecule is Cc1ccccc1C(F)C(=N)N. The number of nitrogens with one attached hydrogen (secondary N) is 1. The summed E-state index contributed by atoms with van der Waals surface area (Å²) in [5.41, 5.74) is 6.34. The molecule has 0 fully saturated rings. The average molecular weight is 166 g/mol. The third-order valence-corrected chi connectivity index (χ3v) is 1.73. The van der Waals surface area contributed by atoms with Crippen molar-refractivity contribution in [1.29, 1.82) is 5.41 Å². The molecule has 3 N–H and O–H groups in total. The molecular formula is C9H11FN2. The highest BCUT2D eigenvalue weighted by Crippen LogP contribution is 2.20. The molecule has 0 heterocycles. The molecule has 64 valence electrons. The molecule has 0 aliphatic rings. The van der Waals surface area contributed by atoms with E-state index in [9.17, 15) is 4.39 Å². The van der Waals surface area contributed by atoms with Crippen LogP contribution in [-0.2, 0) is 0 Å². The number of aryl methyl sites for hydroxylation is 1. The molecule has 0 radical (unpaired) electrons. The minimum atomic E-state index is -1.47. The first kappa shape index (κ1) is 8.71. The van der Waals surface area contributed by atoms with Gasteiger partial charge in [-0.15, -0.1) is 0 Å². The molecule has 12 heavy (non-hydrogen) atoms. The molecule has 1 rings (SSSR count). The van der Waals surface area contributed by atoms with Gasteiger partial charge >= 0.3 is 0 Å². The fourth-order valence-corrected chi connectivity index (χ4v) is 1.04. The molecular weight excluding hydrogens is 155 g/mol. The lowest BCUT2D eigenvalue weighted by molar-refractivity contribution is 0.433. The van der Waals surface area contributed by atoms with Gasteiger partial charge in [0.25, 0.3) is 0 Å². The Bertz CT molecular complexity index is 296. The Labute approximate surface area is 70.7 Å². The first-order valence-electron chi connectivity index (χ1n) is 3.66. The van der Waals surface area contributed by atoms with Crippen LogP contribution < -0.4 is 5.73 Å². The highest BCUT2D eigenvalue weighted by Gasteiger charge is 2.13. The monoisotopic (exact) mass is 166 g/mol. The Morgan fingerprint density at radius 1 is 1.50 bits per heavy atom. The van der Waals surface area contributed by atoms with Gasteiger partial charge in [0.1, 0.15) is 5.84 Å². The summed E-state index contributed by atoms with van der Waals surface area (Å²) in [6.45, 7) is 1.80. The van der Waals surface area contributed by atoms with Crippen molar-refractivity contribution < 1.29 is 4.39 Å². The van der Waals surface area contributed by atoms with Gasteiger partial charge in [-0.1, -0.05) is 24.3 Å². The van der Waals surface area contributed by atoms with Gasteiger partial charge in [-0.3, -0.25) is 5.41 Å². The van der Waals surface area contributed by atoms with Gasteiger partial charge in [-0.25, -0.2) is 4.39 Å². The van der Waals surface area contributed by atoms with Crippen molar-refractivity contribution in [3.05, 3.63) is 35.4 Å². The summed E-state index contributed by atoms with van der Waals surface area (Å²) in [4.78, 5) is 0. The number of hydrogen-bond acceptors (Lipinski definition) is 1. The largest absolute Gasteiger partial charge is 0.385 e. The molecule has 1 unspecified atom stereocenters. The summed E-state index contributed by atoms with van der Waals surface area (Å²) in [5.74, 6) is -0.440. The normalized spacial score (nSPS) is 12.5. The van der Waals surface area contributed by atoms with Gasteiger partial charge in [-0.05, 0) is 18.1 Å². The summed E-state index contributed by atoms with van der Waals surface area (Å²) in [6, 6.07) is 7.00. The van der Waals surface area contributed by atoms with E-state index in [1.165, 1.54) is 0 Å². The van der Waals surface area contributed by atoms with Crippen molar-refractivity contribution >= 4 is 5.84 Å². The third-order valence-electron chi connectivity index (χ3n) is 1.73. The molecule has 0 aliphatic carbocycles. The van der Waals surface area contributed by atoms with Crippen LogP contribution in [0.2, 0.25) is 0 Å². The highest BCUT2D eigenvalue weighted by molar-refractivity contribution is 5.83. The van der Waals surface area contributed by atoms with E-state index in [0.29, 0.717) is 5.56 Å². The standard InChI is InChI=1S/C9H11FN2/c1-6-4-2-3-5-7(6)8(10)9(11)12/h2-5,8H,1H3,(H3,11,12). The van der Waals surface area contributed by atoms with E-state index in [0.717, 1.165) is 5.56 Å². The van der Waals surface area contributed by atoms with E-state index in [1.54, 1.807) is 25.1 Å². The Kier molecular flexibility index (Phi) is 2.43. The number of nitrogens with two attached hydrogens (primary N) is 1. The third kappa shape index (κ3) is 1.61. The smallest absolute Gasteiger partial charge is 0.182 e. The number of rotatable bonds is 2. The maximum absolute atomic E-state index is 13.2. The van der Waals surface area contributed by atoms with Crippen molar-refractivity contribution in [2.45, 2.75) is 13.1 Å². The Balaban J connectivity index is 3.02. The first-order chi connectivity index (χ1) is 5.63. The number of amidine groups is 1. The predicted octanol–water partition coefficient (Wildman–Crippen LogP) is 1.94. The first-order valence-corrected chi connectivity index (χ1v) is 3.66. The zero-order chi connectivity index (χ0) is 9.14. The minimum Gasteiger partial charge on any atom is -0.385 e. The van der Waals surface area contributed by atoms with Crippen molar-refractivity contribution in [2.24, 2.45) is 5.73 Å². The zero-order valence-electron chi connectivity index (χ0n) is 6.84. The van der Waals surface area contributed by atoms with Crippen LogP contribution in [0.5, 0.6) is 0 Å². The van der Waals surface area contributed by atoms with Crippen LogP contribution in [-0.4, -0.2) is 5.84 Å². The van der Waals surface area contributed by atoms with Crippen molar-refractivity contribution in [1.82, 2.24) is 0 Å². The van der Waals surface area contributed by atoms with E-state index in [1.807, 2.05) is 6.07 Å². The second kappa shape index (κ2) is 3.34. The van der Waals surface area contributed by atoms with Crippen LogP contribution >= 0.6 is 0 Å². The lowest BCUT2D eigenvalue weighted by Gasteiger charge is -2.08. The van der Waals surface area contributed by atoms with Gasteiger partial charge in [-0.2, -0.15) is 0 Å². The van der Waals surface area contributed by atoms with E-state index in [2.05, 4.69) is 0 Å². The predicted molar refractivity (Wildman–Crippen MR) is 46.9 cm³/mol. The van der Waals surface area contributed by atoms with Crippen LogP contribution in [0, 0.1) is 12.3 Å². The number of alkyl halides is 1. The molecule has 0 aromatic heterocycles. The molecule has 1 aromatic rings. The average Bonchev–Trinajstić information content (AvgIpc) is 2.04. The molecule has 0 aliphatic heterocycles. The maximum atomic E-state index is 13.2. The summed E-state index contributed by atoms with van der Waals surface area (Å²) >= 11 is 0. The summed E-state index contributed by atoms with van der Waals surface area (Å²) in [5, 5.41) is 6.94. The zero-order valence-corrected chi connectivity index (χ0v) is 6.84. The molecule has 0 amide bonds. The highest BCUT2D eigenvalue weighted by atomic mass is 19.1. The fraction of sp³-hybridized carbons (Fsp3) is 0.222. The summed E-state index contributed by atoms with van der Waals surface area (Å²) in [7, 11) is 0. The molecule has 2 nitrogen and oxygen atoms in total. The van der Waals surface area contributed by atoms with Gasteiger partial charge in [0.2, 0.25) is 0 Å². The lowest BCUT2D eigenvalue weighted by atomic mass is 10.0. The molecule has 0 bridgehead atoms. The van der Waals surface area contributed by atoms with Gasteiger partial charge in [0.15, 0.2) is 6.17 Å². The van der Waals surface area contributed by atoms with E-state index in [-0.39, 0.29) is 0 Å². The van der Waals surface area contributed by atoms with Crippen LogP contribution in [0.1, 0.15) is 17.3 Å². The van der Waals surface area contributed by atoms with E-state index < -0.39 is 12.0 Å². The minimum absolute atomic E-state index is 0.440. The molecule has 3 heteroatoms. The summed E-state index contributed by atoms with van der Waals surface area (Å²) < 4.78 is 13.2. The molecule has 0 saturated carbocycles.